The van der Waals surface area contributed by atoms with Crippen LogP contribution in [-0.4, -0.2) is 29.3 Å². The fraction of sp³-hybridized carbons (Fsp3) is 0.278. The Bertz CT molecular complexity index is 813. The van der Waals surface area contributed by atoms with Crippen molar-refractivity contribution in [1.29, 1.82) is 10.5 Å². The summed E-state index contributed by atoms with van der Waals surface area (Å²) in [4.78, 5) is 6.30. The van der Waals surface area contributed by atoms with E-state index in [1.54, 1.807) is 24.3 Å². The van der Waals surface area contributed by atoms with Gasteiger partial charge in [0.25, 0.3) is 0 Å². The Morgan fingerprint density at radius 1 is 1.12 bits per heavy atom. The minimum absolute atomic E-state index is 0.244. The van der Waals surface area contributed by atoms with Crippen LogP contribution in [0, 0.1) is 22.7 Å². The highest BCUT2D eigenvalue weighted by molar-refractivity contribution is 5.68. The van der Waals surface area contributed by atoms with Gasteiger partial charge in [-0.3, -0.25) is 0 Å². The molecule has 0 amide bonds. The van der Waals surface area contributed by atoms with Crippen molar-refractivity contribution in [3.63, 3.8) is 0 Å². The second-order valence-corrected chi connectivity index (χ2v) is 5.71. The van der Waals surface area contributed by atoms with Crippen molar-refractivity contribution < 1.29 is 5.11 Å². The molecule has 2 heterocycles. The van der Waals surface area contributed by atoms with Gasteiger partial charge in [-0.05, 0) is 43.2 Å². The molecule has 2 aromatic rings. The van der Waals surface area contributed by atoms with Gasteiger partial charge in [0.1, 0.15) is 23.7 Å². The highest BCUT2D eigenvalue weighted by Crippen LogP contribution is 2.27. The fourth-order valence-electron chi connectivity index (χ4n) is 2.80. The molecule has 0 saturated carbocycles. The zero-order chi connectivity index (χ0) is 16.9. The Balaban J connectivity index is 1.81. The second kappa shape index (κ2) is 6.99. The zero-order valence-electron chi connectivity index (χ0n) is 13.1. The lowest BCUT2D eigenvalue weighted by molar-refractivity contribution is 0.145. The third-order valence-corrected chi connectivity index (χ3v) is 4.06. The van der Waals surface area contributed by atoms with Crippen molar-refractivity contribution in [2.24, 2.45) is 0 Å². The quantitative estimate of drug-likeness (QED) is 0.902. The minimum Gasteiger partial charge on any atom is -0.393 e. The summed E-state index contributed by atoms with van der Waals surface area (Å²) in [6.45, 7) is 1.49. The van der Waals surface area contributed by atoms with Crippen LogP contribution in [0.15, 0.2) is 36.4 Å². The van der Waals surface area contributed by atoms with Crippen LogP contribution in [0.1, 0.15) is 24.1 Å². The summed E-state index contributed by atoms with van der Waals surface area (Å²) in [5.74, 6) is 0.562. The molecular formula is C18H17N5O. The van der Waals surface area contributed by atoms with Crippen molar-refractivity contribution in [3.8, 4) is 12.1 Å². The zero-order valence-corrected chi connectivity index (χ0v) is 13.1. The van der Waals surface area contributed by atoms with Crippen LogP contribution in [0.4, 0.5) is 17.2 Å². The molecular weight excluding hydrogens is 302 g/mol. The predicted octanol–water partition coefficient (Wildman–Crippen LogP) is 2.53. The number of nitriles is 2. The first kappa shape index (κ1) is 15.8. The van der Waals surface area contributed by atoms with Gasteiger partial charge >= 0.3 is 0 Å². The summed E-state index contributed by atoms with van der Waals surface area (Å²) in [5, 5.41) is 31.1. The molecule has 3 rings (SSSR count). The standard InChI is InChI=1S/C18H17N5O/c19-11-13-10-14(21-18-3-1-2-15(12-20)22-18)4-5-17(13)23-8-6-16(24)7-9-23/h1-5,10,16,24H,6-9H2,(H,21,22). The maximum absolute atomic E-state index is 9.62. The SMILES string of the molecule is N#Cc1cccc(Nc2ccc(N3CCC(O)CC3)c(C#N)c2)n1. The number of nitrogens with one attached hydrogen (secondary N) is 1. The van der Waals surface area contributed by atoms with Crippen LogP contribution in [-0.2, 0) is 0 Å². The summed E-state index contributed by atoms with van der Waals surface area (Å²) in [5.41, 5.74) is 2.54. The molecule has 6 heteroatoms. The smallest absolute Gasteiger partial charge is 0.142 e. The molecule has 1 aromatic heterocycles. The number of piperidine rings is 1. The Morgan fingerprint density at radius 2 is 1.92 bits per heavy atom. The van der Waals surface area contributed by atoms with Crippen LogP contribution in [0.5, 0.6) is 0 Å². The average molecular weight is 319 g/mol. The number of rotatable bonds is 3. The molecule has 0 aliphatic carbocycles. The van der Waals surface area contributed by atoms with Crippen molar-refractivity contribution in [3.05, 3.63) is 47.7 Å². The predicted molar refractivity (Wildman–Crippen MR) is 90.8 cm³/mol. The van der Waals surface area contributed by atoms with E-state index in [4.69, 9.17) is 5.26 Å². The molecule has 1 fully saturated rings. The molecule has 1 aliphatic rings. The maximum Gasteiger partial charge on any atom is 0.142 e. The number of pyridine rings is 1. The average Bonchev–Trinajstić information content (AvgIpc) is 2.62. The Kier molecular flexibility index (Phi) is 4.60. The minimum atomic E-state index is -0.244. The van der Waals surface area contributed by atoms with E-state index in [2.05, 4.69) is 21.3 Å². The topological polar surface area (TPSA) is 96.0 Å². The van der Waals surface area contributed by atoms with E-state index in [1.165, 1.54) is 0 Å². The monoisotopic (exact) mass is 319 g/mol. The normalized spacial score (nSPS) is 14.7. The summed E-state index contributed by atoms with van der Waals surface area (Å²) in [7, 11) is 0. The van der Waals surface area contributed by atoms with Crippen LogP contribution in [0.25, 0.3) is 0 Å². The van der Waals surface area contributed by atoms with Gasteiger partial charge in [0.2, 0.25) is 0 Å². The van der Waals surface area contributed by atoms with Gasteiger partial charge in [0.15, 0.2) is 0 Å². The van der Waals surface area contributed by atoms with Gasteiger partial charge < -0.3 is 15.3 Å². The first-order valence-corrected chi connectivity index (χ1v) is 7.81. The summed E-state index contributed by atoms with van der Waals surface area (Å²) in [6.07, 6.45) is 1.19. The molecule has 0 unspecified atom stereocenters. The lowest BCUT2D eigenvalue weighted by Gasteiger charge is -2.32. The van der Waals surface area contributed by atoms with Crippen molar-refractivity contribution in [2.45, 2.75) is 18.9 Å². The van der Waals surface area contributed by atoms with Gasteiger partial charge in [0, 0.05) is 18.8 Å². The molecule has 0 bridgehead atoms. The van der Waals surface area contributed by atoms with E-state index in [0.717, 1.165) is 37.3 Å². The van der Waals surface area contributed by atoms with Gasteiger partial charge in [-0.2, -0.15) is 10.5 Å². The number of aliphatic hydroxyl groups excluding tert-OH is 1. The third kappa shape index (κ3) is 3.45. The van der Waals surface area contributed by atoms with E-state index in [1.807, 2.05) is 18.2 Å². The molecule has 1 saturated heterocycles. The summed E-state index contributed by atoms with van der Waals surface area (Å²) < 4.78 is 0. The lowest BCUT2D eigenvalue weighted by Crippen LogP contribution is -2.36. The number of hydrogen-bond donors (Lipinski definition) is 2. The largest absolute Gasteiger partial charge is 0.393 e. The van der Waals surface area contributed by atoms with Crippen molar-refractivity contribution in [2.75, 3.05) is 23.3 Å². The molecule has 0 spiro atoms. The van der Waals surface area contributed by atoms with E-state index in [-0.39, 0.29) is 6.10 Å². The summed E-state index contributed by atoms with van der Waals surface area (Å²) >= 11 is 0. The van der Waals surface area contributed by atoms with Crippen LogP contribution in [0.2, 0.25) is 0 Å². The van der Waals surface area contributed by atoms with Crippen LogP contribution in [0.3, 0.4) is 0 Å². The van der Waals surface area contributed by atoms with Gasteiger partial charge in [0.05, 0.1) is 17.4 Å². The number of hydrogen-bond acceptors (Lipinski definition) is 6. The Hall–Kier alpha value is -3.09. The summed E-state index contributed by atoms with van der Waals surface area (Å²) in [6, 6.07) is 15.0. The number of anilines is 3. The van der Waals surface area contributed by atoms with Crippen LogP contribution >= 0.6 is 0 Å². The second-order valence-electron chi connectivity index (χ2n) is 5.71. The highest BCUT2D eigenvalue weighted by Gasteiger charge is 2.19. The molecule has 120 valence electrons. The van der Waals surface area contributed by atoms with Gasteiger partial charge in [-0.1, -0.05) is 6.07 Å². The van der Waals surface area contributed by atoms with E-state index in [0.29, 0.717) is 17.1 Å². The lowest BCUT2D eigenvalue weighted by atomic mass is 10.0. The van der Waals surface area contributed by atoms with Crippen LogP contribution < -0.4 is 10.2 Å². The van der Waals surface area contributed by atoms with Crippen molar-refractivity contribution in [1.82, 2.24) is 4.98 Å². The molecule has 1 aliphatic heterocycles. The number of aromatic nitrogens is 1. The van der Waals surface area contributed by atoms with E-state index in [9.17, 15) is 10.4 Å². The first-order chi connectivity index (χ1) is 11.7. The van der Waals surface area contributed by atoms with E-state index >= 15 is 0 Å². The van der Waals surface area contributed by atoms with Gasteiger partial charge in [-0.15, -0.1) is 0 Å². The van der Waals surface area contributed by atoms with E-state index < -0.39 is 0 Å². The molecule has 0 radical (unpaired) electrons. The third-order valence-electron chi connectivity index (χ3n) is 4.06. The molecule has 0 atom stereocenters. The number of nitrogens with zero attached hydrogens (tertiary/aromatic N) is 4. The molecule has 1 aromatic carbocycles. The molecule has 2 N–H and O–H groups in total. The molecule has 6 nitrogen and oxygen atoms in total. The first-order valence-electron chi connectivity index (χ1n) is 7.81. The van der Waals surface area contributed by atoms with Crippen molar-refractivity contribution >= 4 is 17.2 Å². The highest BCUT2D eigenvalue weighted by atomic mass is 16.3. The fourth-order valence-corrected chi connectivity index (χ4v) is 2.80. The van der Waals surface area contributed by atoms with Gasteiger partial charge in [-0.25, -0.2) is 4.98 Å². The number of benzene rings is 1. The number of aliphatic hydroxyl groups is 1. The Morgan fingerprint density at radius 3 is 2.62 bits per heavy atom. The maximum atomic E-state index is 9.62. The Labute approximate surface area is 140 Å². The molecule has 24 heavy (non-hydrogen) atoms.